The van der Waals surface area contributed by atoms with E-state index >= 15 is 0 Å². The Morgan fingerprint density at radius 2 is 2.21 bits per heavy atom. The van der Waals surface area contributed by atoms with Gasteiger partial charge in [-0.25, -0.2) is 0 Å². The van der Waals surface area contributed by atoms with Crippen molar-refractivity contribution in [3.8, 4) is 6.07 Å². The third-order valence-electron chi connectivity index (χ3n) is 2.89. The van der Waals surface area contributed by atoms with E-state index in [1.165, 1.54) is 4.88 Å². The van der Waals surface area contributed by atoms with E-state index in [9.17, 15) is 0 Å². The van der Waals surface area contributed by atoms with Gasteiger partial charge in [-0.05, 0) is 31.0 Å². The SMILES string of the molecule is CC(Cc1ccccc1Cl)NCc1cc(C#N)cs1. The van der Waals surface area contributed by atoms with Crippen molar-refractivity contribution in [3.63, 3.8) is 0 Å². The lowest BCUT2D eigenvalue weighted by atomic mass is 10.1. The van der Waals surface area contributed by atoms with Crippen LogP contribution in [0.5, 0.6) is 0 Å². The fraction of sp³-hybridized carbons (Fsp3) is 0.267. The molecule has 0 saturated carbocycles. The third-order valence-corrected chi connectivity index (χ3v) is 4.20. The van der Waals surface area contributed by atoms with Gasteiger partial charge in [-0.1, -0.05) is 29.8 Å². The molecule has 2 rings (SSSR count). The summed E-state index contributed by atoms with van der Waals surface area (Å²) < 4.78 is 0. The van der Waals surface area contributed by atoms with Gasteiger partial charge < -0.3 is 5.32 Å². The van der Waals surface area contributed by atoms with E-state index in [2.05, 4.69) is 24.4 Å². The largest absolute Gasteiger partial charge is 0.309 e. The first-order valence-corrected chi connectivity index (χ1v) is 7.39. The zero-order valence-electron chi connectivity index (χ0n) is 10.7. The van der Waals surface area contributed by atoms with E-state index in [0.29, 0.717) is 6.04 Å². The summed E-state index contributed by atoms with van der Waals surface area (Å²) in [6.07, 6.45) is 0.899. The van der Waals surface area contributed by atoms with Crippen LogP contribution in [0.2, 0.25) is 5.02 Å². The summed E-state index contributed by atoms with van der Waals surface area (Å²) in [5.41, 5.74) is 1.90. The Morgan fingerprint density at radius 1 is 1.42 bits per heavy atom. The number of benzene rings is 1. The number of hydrogen-bond acceptors (Lipinski definition) is 3. The Kier molecular flexibility index (Phi) is 4.98. The first-order chi connectivity index (χ1) is 9.19. The molecule has 19 heavy (non-hydrogen) atoms. The standard InChI is InChI=1S/C15H15ClN2S/c1-11(6-13-4-2-3-5-15(13)16)18-9-14-7-12(8-17)10-19-14/h2-5,7,10-11,18H,6,9H2,1H3. The van der Waals surface area contributed by atoms with Crippen LogP contribution in [0.25, 0.3) is 0 Å². The Balaban J connectivity index is 1.87. The number of hydrogen-bond donors (Lipinski definition) is 1. The molecule has 1 aromatic heterocycles. The second kappa shape index (κ2) is 6.72. The van der Waals surface area contributed by atoms with E-state index in [4.69, 9.17) is 16.9 Å². The van der Waals surface area contributed by atoms with Crippen molar-refractivity contribution in [1.29, 1.82) is 5.26 Å². The van der Waals surface area contributed by atoms with Crippen molar-refractivity contribution in [2.45, 2.75) is 25.9 Å². The highest BCUT2D eigenvalue weighted by molar-refractivity contribution is 7.10. The van der Waals surface area contributed by atoms with E-state index in [1.54, 1.807) is 11.3 Å². The van der Waals surface area contributed by atoms with Crippen molar-refractivity contribution in [2.75, 3.05) is 0 Å². The highest BCUT2D eigenvalue weighted by Gasteiger charge is 2.07. The van der Waals surface area contributed by atoms with E-state index in [-0.39, 0.29) is 0 Å². The molecular formula is C15H15ClN2S. The molecule has 0 aliphatic heterocycles. The molecule has 2 aromatic rings. The van der Waals surface area contributed by atoms with Gasteiger partial charge in [-0.3, -0.25) is 0 Å². The van der Waals surface area contributed by atoms with E-state index in [1.807, 2.05) is 29.6 Å². The van der Waals surface area contributed by atoms with Crippen LogP contribution in [0, 0.1) is 11.3 Å². The van der Waals surface area contributed by atoms with Crippen LogP contribution in [-0.2, 0) is 13.0 Å². The monoisotopic (exact) mass is 290 g/mol. The minimum Gasteiger partial charge on any atom is -0.309 e. The summed E-state index contributed by atoms with van der Waals surface area (Å²) in [7, 11) is 0. The van der Waals surface area contributed by atoms with Crippen LogP contribution in [0.3, 0.4) is 0 Å². The first kappa shape index (κ1) is 14.1. The minimum absolute atomic E-state index is 0.340. The van der Waals surface area contributed by atoms with Gasteiger partial charge in [-0.15, -0.1) is 11.3 Å². The van der Waals surface area contributed by atoms with Gasteiger partial charge in [0.2, 0.25) is 0 Å². The van der Waals surface area contributed by atoms with Crippen LogP contribution in [-0.4, -0.2) is 6.04 Å². The van der Waals surface area contributed by atoms with Crippen LogP contribution in [0.4, 0.5) is 0 Å². The Hall–Kier alpha value is -1.34. The molecular weight excluding hydrogens is 276 g/mol. The van der Waals surface area contributed by atoms with Crippen molar-refractivity contribution in [1.82, 2.24) is 5.32 Å². The second-order valence-electron chi connectivity index (χ2n) is 4.49. The van der Waals surface area contributed by atoms with Crippen molar-refractivity contribution in [3.05, 3.63) is 56.7 Å². The number of halogens is 1. The molecule has 0 aliphatic rings. The third kappa shape index (κ3) is 4.07. The average Bonchev–Trinajstić information content (AvgIpc) is 2.87. The first-order valence-electron chi connectivity index (χ1n) is 6.13. The summed E-state index contributed by atoms with van der Waals surface area (Å²) in [5.74, 6) is 0. The van der Waals surface area contributed by atoms with Crippen molar-refractivity contribution < 1.29 is 0 Å². The number of nitrogens with zero attached hydrogens (tertiary/aromatic N) is 1. The average molecular weight is 291 g/mol. The van der Waals surface area contributed by atoms with Gasteiger partial charge in [0.1, 0.15) is 6.07 Å². The molecule has 98 valence electrons. The van der Waals surface area contributed by atoms with Crippen molar-refractivity contribution in [2.24, 2.45) is 0 Å². The fourth-order valence-electron chi connectivity index (χ4n) is 1.87. The van der Waals surface area contributed by atoms with E-state index < -0.39 is 0 Å². The highest BCUT2D eigenvalue weighted by atomic mass is 35.5. The summed E-state index contributed by atoms with van der Waals surface area (Å²) in [5, 5.41) is 14.9. The molecule has 0 spiro atoms. The van der Waals surface area contributed by atoms with Crippen LogP contribution < -0.4 is 5.32 Å². The molecule has 0 amide bonds. The normalized spacial score (nSPS) is 12.1. The summed E-state index contributed by atoms with van der Waals surface area (Å²) in [6, 6.07) is 12.3. The molecule has 0 bridgehead atoms. The lowest BCUT2D eigenvalue weighted by Gasteiger charge is -2.14. The number of thiophene rings is 1. The molecule has 1 heterocycles. The molecule has 0 fully saturated rings. The lowest BCUT2D eigenvalue weighted by Crippen LogP contribution is -2.27. The predicted molar refractivity (Wildman–Crippen MR) is 80.5 cm³/mol. The molecule has 0 saturated heterocycles. The zero-order chi connectivity index (χ0) is 13.7. The van der Waals surface area contributed by atoms with Gasteiger partial charge in [0.05, 0.1) is 5.56 Å². The molecule has 1 unspecified atom stereocenters. The van der Waals surface area contributed by atoms with Crippen LogP contribution in [0.15, 0.2) is 35.7 Å². The highest BCUT2D eigenvalue weighted by Crippen LogP contribution is 2.17. The smallest absolute Gasteiger partial charge is 0.100 e. The van der Waals surface area contributed by atoms with Crippen LogP contribution >= 0.6 is 22.9 Å². The Morgan fingerprint density at radius 3 is 2.89 bits per heavy atom. The second-order valence-corrected chi connectivity index (χ2v) is 5.89. The fourth-order valence-corrected chi connectivity index (χ4v) is 2.85. The summed E-state index contributed by atoms with van der Waals surface area (Å²) in [4.78, 5) is 1.18. The quantitative estimate of drug-likeness (QED) is 0.903. The molecule has 0 aliphatic carbocycles. The maximum atomic E-state index is 8.78. The predicted octanol–water partition coefficient (Wildman–Crippen LogP) is 3.99. The van der Waals surface area contributed by atoms with Crippen LogP contribution in [0.1, 0.15) is 22.9 Å². The molecule has 0 radical (unpaired) electrons. The van der Waals surface area contributed by atoms with Crippen molar-refractivity contribution >= 4 is 22.9 Å². The van der Waals surface area contributed by atoms with Gasteiger partial charge >= 0.3 is 0 Å². The summed E-state index contributed by atoms with van der Waals surface area (Å²) >= 11 is 7.76. The maximum absolute atomic E-state index is 8.78. The minimum atomic E-state index is 0.340. The maximum Gasteiger partial charge on any atom is 0.100 e. The number of nitriles is 1. The topological polar surface area (TPSA) is 35.8 Å². The van der Waals surface area contributed by atoms with Gasteiger partial charge in [0.15, 0.2) is 0 Å². The molecule has 2 nitrogen and oxygen atoms in total. The molecule has 1 N–H and O–H groups in total. The van der Waals surface area contributed by atoms with Gasteiger partial charge in [0.25, 0.3) is 0 Å². The van der Waals surface area contributed by atoms with Gasteiger partial charge in [0, 0.05) is 27.9 Å². The lowest BCUT2D eigenvalue weighted by molar-refractivity contribution is 0.549. The Bertz CT molecular complexity index is 586. The van der Waals surface area contributed by atoms with Gasteiger partial charge in [-0.2, -0.15) is 5.26 Å². The number of rotatable bonds is 5. The molecule has 1 aromatic carbocycles. The zero-order valence-corrected chi connectivity index (χ0v) is 12.3. The number of nitrogens with one attached hydrogen (secondary N) is 1. The van der Waals surface area contributed by atoms with E-state index in [0.717, 1.165) is 29.1 Å². The molecule has 4 heteroatoms. The summed E-state index contributed by atoms with van der Waals surface area (Å²) in [6.45, 7) is 2.93. The molecule has 1 atom stereocenters. The Labute approximate surface area is 122 Å².